The highest BCUT2D eigenvalue weighted by Crippen LogP contribution is 2.27. The van der Waals surface area contributed by atoms with Gasteiger partial charge < -0.3 is 14.9 Å². The third-order valence-corrected chi connectivity index (χ3v) is 5.15. The van der Waals surface area contributed by atoms with Crippen molar-refractivity contribution < 1.29 is 13.9 Å². The Kier molecular flexibility index (Phi) is 6.58. The normalized spacial score (nSPS) is 11.3. The molecule has 2 aromatic heterocycles. The van der Waals surface area contributed by atoms with E-state index in [-0.39, 0.29) is 39.6 Å². The van der Waals surface area contributed by atoms with Gasteiger partial charge in [-0.05, 0) is 59.7 Å². The number of fused-ring (bicyclic) bond motifs is 1. The molecule has 0 saturated carbocycles. The summed E-state index contributed by atoms with van der Waals surface area (Å²) in [6.07, 6.45) is 8.11. The van der Waals surface area contributed by atoms with Gasteiger partial charge in [0.2, 0.25) is 11.3 Å². The number of aromatic amines is 1. The first-order valence-corrected chi connectivity index (χ1v) is 10.7. The molecule has 0 aliphatic heterocycles. The van der Waals surface area contributed by atoms with Gasteiger partial charge in [0.25, 0.3) is 0 Å². The number of anilines is 1. The molecule has 9 nitrogen and oxygen atoms in total. The number of rotatable bonds is 9. The van der Waals surface area contributed by atoms with Gasteiger partial charge >= 0.3 is 0 Å². The lowest BCUT2D eigenvalue weighted by Crippen LogP contribution is -2.14. The number of aromatic nitrogens is 4. The zero-order chi connectivity index (χ0) is 23.2. The molecule has 0 aliphatic carbocycles. The summed E-state index contributed by atoms with van der Waals surface area (Å²) >= 11 is 0. The van der Waals surface area contributed by atoms with Gasteiger partial charge in [0, 0.05) is 11.1 Å². The van der Waals surface area contributed by atoms with E-state index < -0.39 is 5.43 Å². The van der Waals surface area contributed by atoms with Crippen LogP contribution >= 0.6 is 0 Å². The molecular formula is C24H23N5O4. The van der Waals surface area contributed by atoms with Crippen LogP contribution in [0.15, 0.2) is 64.0 Å². The first kappa shape index (κ1) is 21.9. The van der Waals surface area contributed by atoms with Crippen molar-refractivity contribution in [3.8, 4) is 17.3 Å². The second-order valence-electron chi connectivity index (χ2n) is 7.44. The zero-order valence-corrected chi connectivity index (χ0v) is 18.1. The molecule has 4 aromatic rings. The number of ketones is 1. The standard InChI is InChI=1S/C24H23N5O4/c1-2-3-4-5-6-14-32-16-12-10-15(11-13-16)21(30)17-8-7-9-18-19(17)22(31)20(25)23(33-18)24-26-28-29-27-24/h6-14H,2-5,25H2,1H3,(H,26,27,28,29). The van der Waals surface area contributed by atoms with Crippen molar-refractivity contribution in [3.05, 3.63) is 76.2 Å². The van der Waals surface area contributed by atoms with E-state index in [1.165, 1.54) is 12.8 Å². The van der Waals surface area contributed by atoms with E-state index in [1.54, 1.807) is 48.7 Å². The molecule has 0 atom stereocenters. The van der Waals surface area contributed by atoms with Crippen molar-refractivity contribution in [1.29, 1.82) is 0 Å². The van der Waals surface area contributed by atoms with Crippen LogP contribution in [0.5, 0.6) is 5.75 Å². The SMILES string of the molecule is CCCCCC=COc1ccc(C(=O)c2cccc3oc(-c4nnn[nH]4)c(N)c(=O)c23)cc1. The van der Waals surface area contributed by atoms with Crippen LogP contribution in [0.3, 0.4) is 0 Å². The van der Waals surface area contributed by atoms with Crippen LogP contribution in [-0.2, 0) is 0 Å². The summed E-state index contributed by atoms with van der Waals surface area (Å²) in [4.78, 5) is 26.2. The molecule has 2 heterocycles. The highest BCUT2D eigenvalue weighted by atomic mass is 16.5. The predicted octanol–water partition coefficient (Wildman–Crippen LogP) is 4.26. The molecule has 0 aliphatic rings. The summed E-state index contributed by atoms with van der Waals surface area (Å²) in [6.45, 7) is 2.16. The number of hydrogen-bond acceptors (Lipinski definition) is 8. The third-order valence-electron chi connectivity index (χ3n) is 5.15. The van der Waals surface area contributed by atoms with E-state index in [0.29, 0.717) is 11.3 Å². The van der Waals surface area contributed by atoms with Crippen molar-refractivity contribution in [1.82, 2.24) is 20.6 Å². The maximum atomic E-state index is 13.2. The number of allylic oxidation sites excluding steroid dienone is 1. The van der Waals surface area contributed by atoms with Crippen molar-refractivity contribution in [2.24, 2.45) is 0 Å². The fourth-order valence-electron chi connectivity index (χ4n) is 3.42. The van der Waals surface area contributed by atoms with E-state index in [2.05, 4.69) is 27.5 Å². The molecule has 2 aromatic carbocycles. The lowest BCUT2D eigenvalue weighted by molar-refractivity contribution is 0.104. The molecule has 33 heavy (non-hydrogen) atoms. The van der Waals surface area contributed by atoms with E-state index in [4.69, 9.17) is 14.9 Å². The Morgan fingerprint density at radius 2 is 2.00 bits per heavy atom. The molecule has 0 saturated heterocycles. The number of hydrogen-bond donors (Lipinski definition) is 2. The largest absolute Gasteiger partial charge is 0.465 e. The van der Waals surface area contributed by atoms with E-state index in [1.807, 2.05) is 6.08 Å². The van der Waals surface area contributed by atoms with Gasteiger partial charge in [-0.2, -0.15) is 0 Å². The second kappa shape index (κ2) is 9.90. The number of benzene rings is 2. The van der Waals surface area contributed by atoms with Crippen molar-refractivity contribution >= 4 is 22.4 Å². The Morgan fingerprint density at radius 1 is 1.18 bits per heavy atom. The Bertz CT molecular complexity index is 1340. The Hall–Kier alpha value is -4.27. The van der Waals surface area contributed by atoms with Crippen molar-refractivity contribution in [2.45, 2.75) is 32.6 Å². The minimum absolute atomic E-state index is 0.0198. The summed E-state index contributed by atoms with van der Waals surface area (Å²) in [7, 11) is 0. The topological polar surface area (TPSA) is 137 Å². The Morgan fingerprint density at radius 3 is 2.73 bits per heavy atom. The van der Waals surface area contributed by atoms with Gasteiger partial charge in [-0.15, -0.1) is 5.10 Å². The lowest BCUT2D eigenvalue weighted by atomic mass is 9.98. The van der Waals surface area contributed by atoms with Crippen LogP contribution in [-0.4, -0.2) is 26.4 Å². The number of carbonyl (C=O) groups excluding carboxylic acids is 1. The Labute approximate surface area is 189 Å². The maximum Gasteiger partial charge on any atom is 0.217 e. The molecular weight excluding hydrogens is 422 g/mol. The highest BCUT2D eigenvalue weighted by molar-refractivity contribution is 6.16. The van der Waals surface area contributed by atoms with Crippen LogP contribution in [0.1, 0.15) is 48.5 Å². The number of tetrazole rings is 1. The van der Waals surface area contributed by atoms with Crippen LogP contribution in [0.2, 0.25) is 0 Å². The summed E-state index contributed by atoms with van der Waals surface area (Å²) in [5, 5.41) is 13.3. The predicted molar refractivity (Wildman–Crippen MR) is 124 cm³/mol. The molecule has 0 radical (unpaired) electrons. The number of ether oxygens (including phenoxy) is 1. The monoisotopic (exact) mass is 445 g/mol. The fourth-order valence-corrected chi connectivity index (χ4v) is 3.42. The average Bonchev–Trinajstić information content (AvgIpc) is 3.38. The van der Waals surface area contributed by atoms with Crippen LogP contribution < -0.4 is 15.9 Å². The molecule has 0 unspecified atom stereocenters. The lowest BCUT2D eigenvalue weighted by Gasteiger charge is -2.08. The van der Waals surface area contributed by atoms with Crippen LogP contribution in [0.4, 0.5) is 5.69 Å². The summed E-state index contributed by atoms with van der Waals surface area (Å²) in [5.74, 6) is 0.429. The molecule has 0 bridgehead atoms. The first-order valence-electron chi connectivity index (χ1n) is 10.7. The van der Waals surface area contributed by atoms with Gasteiger partial charge in [0.1, 0.15) is 17.0 Å². The first-order chi connectivity index (χ1) is 16.1. The Balaban J connectivity index is 1.60. The number of H-pyrrole nitrogens is 1. The van der Waals surface area contributed by atoms with Crippen LogP contribution in [0, 0.1) is 0 Å². The number of nitrogens with two attached hydrogens (primary N) is 1. The molecule has 0 spiro atoms. The smallest absolute Gasteiger partial charge is 0.217 e. The minimum atomic E-state index is -0.528. The van der Waals surface area contributed by atoms with Gasteiger partial charge in [-0.1, -0.05) is 31.9 Å². The fraction of sp³-hybridized carbons (Fsp3) is 0.208. The number of carbonyl (C=O) groups is 1. The number of nitrogens with one attached hydrogen (secondary N) is 1. The molecule has 0 amide bonds. The second-order valence-corrected chi connectivity index (χ2v) is 7.44. The molecule has 9 heteroatoms. The van der Waals surface area contributed by atoms with Gasteiger partial charge in [0.15, 0.2) is 11.5 Å². The average molecular weight is 445 g/mol. The maximum absolute atomic E-state index is 13.2. The van der Waals surface area contributed by atoms with E-state index >= 15 is 0 Å². The number of unbranched alkanes of at least 4 members (excludes halogenated alkanes) is 3. The number of nitrogens with zero attached hydrogens (tertiary/aromatic N) is 3. The quantitative estimate of drug-likeness (QED) is 0.221. The molecule has 3 N–H and O–H groups in total. The van der Waals surface area contributed by atoms with Crippen molar-refractivity contribution in [2.75, 3.05) is 5.73 Å². The molecule has 4 rings (SSSR count). The van der Waals surface area contributed by atoms with E-state index in [0.717, 1.165) is 12.8 Å². The minimum Gasteiger partial charge on any atom is -0.465 e. The zero-order valence-electron chi connectivity index (χ0n) is 18.1. The highest BCUT2D eigenvalue weighted by Gasteiger charge is 2.21. The van der Waals surface area contributed by atoms with Gasteiger partial charge in [-0.25, -0.2) is 5.10 Å². The van der Waals surface area contributed by atoms with Gasteiger partial charge in [0.05, 0.1) is 11.6 Å². The summed E-state index contributed by atoms with van der Waals surface area (Å²) < 4.78 is 11.4. The molecule has 0 fully saturated rings. The van der Waals surface area contributed by atoms with Crippen LogP contribution in [0.25, 0.3) is 22.6 Å². The van der Waals surface area contributed by atoms with Crippen molar-refractivity contribution in [3.63, 3.8) is 0 Å². The van der Waals surface area contributed by atoms with E-state index in [9.17, 15) is 9.59 Å². The third kappa shape index (κ3) is 4.67. The summed E-state index contributed by atoms with van der Waals surface area (Å²) in [6, 6.07) is 11.5. The summed E-state index contributed by atoms with van der Waals surface area (Å²) in [5.41, 5.74) is 6.09. The molecule has 168 valence electrons. The van der Waals surface area contributed by atoms with Gasteiger partial charge in [-0.3, -0.25) is 9.59 Å². The number of nitrogen functional groups attached to an aromatic ring is 1.